The van der Waals surface area contributed by atoms with Crippen molar-refractivity contribution in [3.05, 3.63) is 89.7 Å². The summed E-state index contributed by atoms with van der Waals surface area (Å²) in [6.45, 7) is 8.24. The maximum absolute atomic E-state index is 12.6. The Bertz CT molecular complexity index is 1020. The molecule has 5 heteroatoms. The van der Waals surface area contributed by atoms with Gasteiger partial charge in [-0.05, 0) is 86.6 Å². The minimum Gasteiger partial charge on any atom is -0.356 e. The molecule has 0 saturated heterocycles. The monoisotopic (exact) mass is 442 g/mol. The van der Waals surface area contributed by atoms with E-state index < -0.39 is 0 Å². The Labute approximate surface area is 197 Å². The van der Waals surface area contributed by atoms with E-state index in [1.54, 1.807) is 6.20 Å². The smallest absolute Gasteiger partial charge is 0.251 e. The van der Waals surface area contributed by atoms with Crippen molar-refractivity contribution in [2.45, 2.75) is 26.7 Å². The average Bonchev–Trinajstić information content (AvgIpc) is 2.86. The largest absolute Gasteiger partial charge is 0.356 e. The number of hydrogen-bond acceptors (Lipinski definition) is 4. The number of carbonyl (C=O) groups excluding carboxylic acids is 1. The Balaban J connectivity index is 1.51. The average molecular weight is 443 g/mol. The lowest BCUT2D eigenvalue weighted by Gasteiger charge is -2.19. The first-order chi connectivity index (χ1) is 16.2. The number of carbonyl (C=O) groups is 1. The maximum atomic E-state index is 12.6. The van der Waals surface area contributed by atoms with Crippen LogP contribution in [0.5, 0.6) is 0 Å². The molecule has 0 aliphatic carbocycles. The summed E-state index contributed by atoms with van der Waals surface area (Å²) in [6.07, 6.45) is 7.94. The third kappa shape index (κ3) is 8.20. The van der Waals surface area contributed by atoms with Gasteiger partial charge in [0.15, 0.2) is 0 Å². The highest BCUT2D eigenvalue weighted by atomic mass is 16.1. The quantitative estimate of drug-likeness (QED) is 0.346. The van der Waals surface area contributed by atoms with Crippen LogP contribution in [0, 0.1) is 0 Å². The van der Waals surface area contributed by atoms with Crippen LogP contribution >= 0.6 is 0 Å². The van der Waals surface area contributed by atoms with E-state index in [0.717, 1.165) is 55.1 Å². The number of nitrogens with one attached hydrogen (secondary N) is 2. The summed E-state index contributed by atoms with van der Waals surface area (Å²) in [4.78, 5) is 19.3. The molecular weight excluding hydrogens is 408 g/mol. The van der Waals surface area contributed by atoms with Gasteiger partial charge in [0, 0.05) is 29.7 Å². The summed E-state index contributed by atoms with van der Waals surface area (Å²) in [5, 5.41) is 6.42. The van der Waals surface area contributed by atoms with Gasteiger partial charge in [0.25, 0.3) is 5.91 Å². The van der Waals surface area contributed by atoms with Crippen LogP contribution in [0.4, 0.5) is 11.4 Å². The normalized spacial score (nSPS) is 11.1. The van der Waals surface area contributed by atoms with Gasteiger partial charge in [0.05, 0.1) is 5.69 Å². The number of pyridine rings is 1. The summed E-state index contributed by atoms with van der Waals surface area (Å²) in [5.74, 6) is -0.0350. The zero-order valence-electron chi connectivity index (χ0n) is 19.6. The van der Waals surface area contributed by atoms with Crippen LogP contribution in [0.25, 0.3) is 12.2 Å². The molecule has 0 bridgehead atoms. The van der Waals surface area contributed by atoms with Crippen LogP contribution in [0.15, 0.2) is 72.9 Å². The molecule has 0 aliphatic rings. The van der Waals surface area contributed by atoms with E-state index in [-0.39, 0.29) is 5.91 Å². The summed E-state index contributed by atoms with van der Waals surface area (Å²) in [5.41, 5.74) is 4.55. The number of amides is 1. The Kier molecular flexibility index (Phi) is 9.67. The second-order valence-electron chi connectivity index (χ2n) is 7.96. The molecule has 3 aromatic rings. The summed E-state index contributed by atoms with van der Waals surface area (Å²) >= 11 is 0. The zero-order valence-corrected chi connectivity index (χ0v) is 19.6. The Hall–Kier alpha value is -3.44. The van der Waals surface area contributed by atoms with Crippen LogP contribution in [0.1, 0.15) is 48.3 Å². The third-order valence-electron chi connectivity index (χ3n) is 5.38. The third-order valence-corrected chi connectivity index (χ3v) is 5.38. The number of aromatic nitrogens is 1. The van der Waals surface area contributed by atoms with Gasteiger partial charge in [0.2, 0.25) is 0 Å². The molecule has 3 rings (SSSR count). The Morgan fingerprint density at radius 3 is 2.52 bits per heavy atom. The molecule has 172 valence electrons. The number of benzene rings is 2. The first kappa shape index (κ1) is 24.2. The van der Waals surface area contributed by atoms with Crippen LogP contribution in [0.3, 0.4) is 0 Å². The van der Waals surface area contributed by atoms with E-state index in [1.807, 2.05) is 66.7 Å². The molecule has 0 spiro atoms. The van der Waals surface area contributed by atoms with Crippen LogP contribution in [-0.2, 0) is 0 Å². The molecular formula is C28H34N4O. The lowest BCUT2D eigenvalue weighted by molar-refractivity contribution is 0.0951. The molecule has 0 aliphatic heterocycles. The molecule has 0 unspecified atom stereocenters. The fourth-order valence-corrected chi connectivity index (χ4v) is 3.59. The fourth-order valence-electron chi connectivity index (χ4n) is 3.59. The van der Waals surface area contributed by atoms with Crippen molar-refractivity contribution in [2.75, 3.05) is 31.5 Å². The molecule has 0 radical (unpaired) electrons. The highest BCUT2D eigenvalue weighted by Crippen LogP contribution is 2.19. The number of nitrogens with zero attached hydrogens (tertiary/aromatic N) is 2. The number of hydrogen-bond donors (Lipinski definition) is 2. The molecule has 1 amide bonds. The van der Waals surface area contributed by atoms with E-state index in [0.29, 0.717) is 12.1 Å². The second kappa shape index (κ2) is 13.2. The van der Waals surface area contributed by atoms with Crippen molar-refractivity contribution < 1.29 is 4.79 Å². The highest BCUT2D eigenvalue weighted by molar-refractivity contribution is 5.95. The molecule has 5 nitrogen and oxygen atoms in total. The minimum atomic E-state index is -0.0350. The van der Waals surface area contributed by atoms with Crippen molar-refractivity contribution in [1.82, 2.24) is 15.2 Å². The standard InChI is InChI=1S/C28H34N4O/c1-3-20-32(4-2)21-8-19-30-28(33)24-9-7-11-27(22-24)31-26-16-13-23(14-17-26)12-15-25-10-5-6-18-29-25/h5-7,9-18,22,31H,3-4,8,19-21H2,1-2H3,(H,30,33)/b15-12+. The van der Waals surface area contributed by atoms with Crippen molar-refractivity contribution >= 4 is 29.4 Å². The van der Waals surface area contributed by atoms with Crippen LogP contribution in [0.2, 0.25) is 0 Å². The second-order valence-corrected chi connectivity index (χ2v) is 7.96. The van der Waals surface area contributed by atoms with Gasteiger partial charge in [-0.15, -0.1) is 0 Å². The maximum Gasteiger partial charge on any atom is 0.251 e. The van der Waals surface area contributed by atoms with Crippen molar-refractivity contribution in [2.24, 2.45) is 0 Å². The van der Waals surface area contributed by atoms with Crippen LogP contribution in [-0.4, -0.2) is 42.0 Å². The van der Waals surface area contributed by atoms with E-state index in [2.05, 4.69) is 46.5 Å². The summed E-state index contributed by atoms with van der Waals surface area (Å²) in [7, 11) is 0. The van der Waals surface area contributed by atoms with E-state index >= 15 is 0 Å². The molecule has 0 atom stereocenters. The van der Waals surface area contributed by atoms with Gasteiger partial charge in [0.1, 0.15) is 0 Å². The lowest BCUT2D eigenvalue weighted by Crippen LogP contribution is -2.30. The summed E-state index contributed by atoms with van der Waals surface area (Å²) in [6, 6.07) is 21.6. The van der Waals surface area contributed by atoms with Crippen molar-refractivity contribution in [3.8, 4) is 0 Å². The van der Waals surface area contributed by atoms with Crippen molar-refractivity contribution in [3.63, 3.8) is 0 Å². The first-order valence-corrected chi connectivity index (χ1v) is 11.7. The number of anilines is 2. The predicted molar refractivity (Wildman–Crippen MR) is 139 cm³/mol. The van der Waals surface area contributed by atoms with Gasteiger partial charge in [-0.2, -0.15) is 0 Å². The molecule has 0 saturated carbocycles. The van der Waals surface area contributed by atoms with Gasteiger partial charge in [-0.1, -0.05) is 44.2 Å². The molecule has 0 fully saturated rings. The number of rotatable bonds is 12. The molecule has 2 N–H and O–H groups in total. The summed E-state index contributed by atoms with van der Waals surface area (Å²) < 4.78 is 0. The topological polar surface area (TPSA) is 57.3 Å². The van der Waals surface area contributed by atoms with Gasteiger partial charge < -0.3 is 15.5 Å². The van der Waals surface area contributed by atoms with Gasteiger partial charge in [-0.25, -0.2) is 0 Å². The van der Waals surface area contributed by atoms with E-state index in [9.17, 15) is 4.79 Å². The molecule has 2 aromatic carbocycles. The molecule has 33 heavy (non-hydrogen) atoms. The van der Waals surface area contributed by atoms with Crippen LogP contribution < -0.4 is 10.6 Å². The van der Waals surface area contributed by atoms with E-state index in [1.165, 1.54) is 0 Å². The minimum absolute atomic E-state index is 0.0350. The van der Waals surface area contributed by atoms with E-state index in [4.69, 9.17) is 0 Å². The Morgan fingerprint density at radius 2 is 1.79 bits per heavy atom. The van der Waals surface area contributed by atoms with Gasteiger partial charge >= 0.3 is 0 Å². The zero-order chi connectivity index (χ0) is 23.3. The highest BCUT2D eigenvalue weighted by Gasteiger charge is 2.07. The predicted octanol–water partition coefficient (Wildman–Crippen LogP) is 5.85. The molecule has 1 heterocycles. The SMILES string of the molecule is CCCN(CC)CCCNC(=O)c1cccc(Nc2ccc(/C=C/c3ccccn3)cc2)c1. The Morgan fingerprint density at radius 1 is 0.939 bits per heavy atom. The van der Waals surface area contributed by atoms with Crippen molar-refractivity contribution in [1.29, 1.82) is 0 Å². The van der Waals surface area contributed by atoms with Gasteiger partial charge in [-0.3, -0.25) is 9.78 Å². The molecule has 1 aromatic heterocycles. The first-order valence-electron chi connectivity index (χ1n) is 11.7. The fraction of sp³-hybridized carbons (Fsp3) is 0.286. The lowest BCUT2D eigenvalue weighted by atomic mass is 10.1.